The first-order valence-electron chi connectivity index (χ1n) is 8.45. The number of hydrogen-bond donors (Lipinski definition) is 1. The maximum absolute atomic E-state index is 13.1. The minimum atomic E-state index is -0.587. The van der Waals surface area contributed by atoms with E-state index in [1.54, 1.807) is 17.1 Å². The van der Waals surface area contributed by atoms with Crippen molar-refractivity contribution in [2.24, 2.45) is 0 Å². The van der Waals surface area contributed by atoms with E-state index < -0.39 is 11.7 Å². The lowest BCUT2D eigenvalue weighted by atomic mass is 10.1. The maximum atomic E-state index is 13.1. The number of ether oxygens (including phenoxy) is 1. The standard InChI is InChI=1S/C21H25FN2O2/c1-16(18-10-12-19(22)13-11-18)14-24(15-17-8-6-5-7-9-17)23-20(25)26-21(2,3)4/h5-13H,1,14-15H2,2-4H3,(H,23,25). The summed E-state index contributed by atoms with van der Waals surface area (Å²) in [6.07, 6.45) is -0.527. The maximum Gasteiger partial charge on any atom is 0.422 e. The highest BCUT2D eigenvalue weighted by Gasteiger charge is 2.19. The van der Waals surface area contributed by atoms with Crippen LogP contribution in [0, 0.1) is 5.82 Å². The number of hydrogen-bond acceptors (Lipinski definition) is 3. The summed E-state index contributed by atoms with van der Waals surface area (Å²) in [7, 11) is 0. The number of benzene rings is 2. The van der Waals surface area contributed by atoms with Crippen molar-refractivity contribution in [3.05, 3.63) is 78.1 Å². The lowest BCUT2D eigenvalue weighted by Crippen LogP contribution is -2.44. The van der Waals surface area contributed by atoms with E-state index in [4.69, 9.17) is 4.74 Å². The van der Waals surface area contributed by atoms with Gasteiger partial charge in [0.1, 0.15) is 11.4 Å². The van der Waals surface area contributed by atoms with Crippen LogP contribution in [0.1, 0.15) is 31.9 Å². The van der Waals surface area contributed by atoms with E-state index >= 15 is 0 Å². The first kappa shape index (κ1) is 19.7. The Labute approximate surface area is 154 Å². The molecule has 2 rings (SSSR count). The van der Waals surface area contributed by atoms with E-state index in [9.17, 15) is 9.18 Å². The number of halogens is 1. The van der Waals surface area contributed by atoms with Gasteiger partial charge in [0.05, 0.1) is 0 Å². The fourth-order valence-electron chi connectivity index (χ4n) is 2.38. The Balaban J connectivity index is 2.10. The van der Waals surface area contributed by atoms with Crippen molar-refractivity contribution in [1.82, 2.24) is 10.4 Å². The van der Waals surface area contributed by atoms with Crippen molar-refractivity contribution in [2.45, 2.75) is 32.9 Å². The average Bonchev–Trinajstić information content (AvgIpc) is 2.54. The first-order valence-corrected chi connectivity index (χ1v) is 8.45. The van der Waals surface area contributed by atoms with Crippen molar-refractivity contribution in [3.63, 3.8) is 0 Å². The third-order valence-corrected chi connectivity index (χ3v) is 3.50. The van der Waals surface area contributed by atoms with Gasteiger partial charge in [-0.25, -0.2) is 14.2 Å². The molecule has 0 heterocycles. The monoisotopic (exact) mass is 356 g/mol. The minimum Gasteiger partial charge on any atom is -0.443 e. The molecule has 1 amide bonds. The fraction of sp³-hybridized carbons (Fsp3) is 0.286. The van der Waals surface area contributed by atoms with Crippen LogP contribution in [0.5, 0.6) is 0 Å². The second-order valence-electron chi connectivity index (χ2n) is 7.07. The number of amides is 1. The molecular formula is C21H25FN2O2. The van der Waals surface area contributed by atoms with Crippen LogP contribution in [0.3, 0.4) is 0 Å². The highest BCUT2D eigenvalue weighted by atomic mass is 19.1. The van der Waals surface area contributed by atoms with Crippen LogP contribution in [0.4, 0.5) is 9.18 Å². The lowest BCUT2D eigenvalue weighted by molar-refractivity contribution is 0.0339. The zero-order chi connectivity index (χ0) is 19.2. The van der Waals surface area contributed by atoms with Gasteiger partial charge in [-0.05, 0) is 49.6 Å². The molecule has 5 heteroatoms. The summed E-state index contributed by atoms with van der Waals surface area (Å²) in [6, 6.07) is 15.9. The first-order chi connectivity index (χ1) is 12.2. The Hall–Kier alpha value is -2.66. The Kier molecular flexibility index (Phi) is 6.52. The molecule has 0 aliphatic carbocycles. The fourth-order valence-corrected chi connectivity index (χ4v) is 2.38. The van der Waals surface area contributed by atoms with Gasteiger partial charge in [0.15, 0.2) is 0 Å². The molecule has 0 spiro atoms. The normalized spacial score (nSPS) is 11.3. The number of nitrogens with one attached hydrogen (secondary N) is 1. The van der Waals surface area contributed by atoms with Gasteiger partial charge in [0.2, 0.25) is 0 Å². The van der Waals surface area contributed by atoms with Crippen molar-refractivity contribution in [1.29, 1.82) is 0 Å². The molecule has 138 valence electrons. The summed E-state index contributed by atoms with van der Waals surface area (Å²) >= 11 is 0. The van der Waals surface area contributed by atoms with Gasteiger partial charge in [-0.1, -0.05) is 49.0 Å². The molecule has 0 radical (unpaired) electrons. The van der Waals surface area contributed by atoms with Crippen molar-refractivity contribution < 1.29 is 13.9 Å². The molecule has 0 saturated carbocycles. The largest absolute Gasteiger partial charge is 0.443 e. The van der Waals surface area contributed by atoms with Crippen LogP contribution in [0.15, 0.2) is 61.2 Å². The van der Waals surface area contributed by atoms with Gasteiger partial charge in [0.25, 0.3) is 0 Å². The lowest BCUT2D eigenvalue weighted by Gasteiger charge is -2.27. The number of nitrogens with zero attached hydrogens (tertiary/aromatic N) is 1. The van der Waals surface area contributed by atoms with Crippen LogP contribution < -0.4 is 5.43 Å². The van der Waals surface area contributed by atoms with Crippen LogP contribution >= 0.6 is 0 Å². The molecule has 0 fully saturated rings. The topological polar surface area (TPSA) is 41.6 Å². The average molecular weight is 356 g/mol. The van der Waals surface area contributed by atoms with Crippen LogP contribution in [0.2, 0.25) is 0 Å². The predicted molar refractivity (Wildman–Crippen MR) is 102 cm³/mol. The zero-order valence-corrected chi connectivity index (χ0v) is 15.5. The van der Waals surface area contributed by atoms with E-state index in [1.165, 1.54) is 12.1 Å². The molecule has 1 N–H and O–H groups in total. The van der Waals surface area contributed by atoms with Crippen molar-refractivity contribution >= 4 is 11.7 Å². The van der Waals surface area contributed by atoms with E-state index in [0.29, 0.717) is 13.1 Å². The molecule has 2 aromatic rings. The highest BCUT2D eigenvalue weighted by Crippen LogP contribution is 2.16. The van der Waals surface area contributed by atoms with E-state index in [1.807, 2.05) is 51.1 Å². The summed E-state index contributed by atoms with van der Waals surface area (Å²) in [6.45, 7) is 10.4. The predicted octanol–water partition coefficient (Wildman–Crippen LogP) is 4.78. The molecule has 4 nitrogen and oxygen atoms in total. The van der Waals surface area contributed by atoms with Gasteiger partial charge < -0.3 is 4.74 Å². The Morgan fingerprint density at radius 3 is 2.31 bits per heavy atom. The molecule has 0 unspecified atom stereocenters. The van der Waals surface area contributed by atoms with Crippen LogP contribution in [0.25, 0.3) is 5.57 Å². The van der Waals surface area contributed by atoms with E-state index in [2.05, 4.69) is 12.0 Å². The third kappa shape index (κ3) is 6.69. The second kappa shape index (κ2) is 8.63. The molecule has 2 aromatic carbocycles. The van der Waals surface area contributed by atoms with Crippen LogP contribution in [-0.4, -0.2) is 23.2 Å². The Morgan fingerprint density at radius 1 is 1.12 bits per heavy atom. The summed E-state index contributed by atoms with van der Waals surface area (Å²) in [5.74, 6) is -0.297. The minimum absolute atomic E-state index is 0.297. The van der Waals surface area contributed by atoms with Gasteiger partial charge in [0, 0.05) is 13.1 Å². The van der Waals surface area contributed by atoms with E-state index in [-0.39, 0.29) is 5.82 Å². The Morgan fingerprint density at radius 2 is 1.73 bits per heavy atom. The van der Waals surface area contributed by atoms with Gasteiger partial charge in [-0.3, -0.25) is 5.43 Å². The van der Waals surface area contributed by atoms with E-state index in [0.717, 1.165) is 16.7 Å². The smallest absolute Gasteiger partial charge is 0.422 e. The number of carbonyl (C=O) groups is 1. The third-order valence-electron chi connectivity index (χ3n) is 3.50. The van der Waals surface area contributed by atoms with Gasteiger partial charge in [-0.15, -0.1) is 0 Å². The molecule has 0 saturated heterocycles. The Bertz CT molecular complexity index is 737. The number of hydrazine groups is 1. The molecule has 0 bridgehead atoms. The summed E-state index contributed by atoms with van der Waals surface area (Å²) in [4.78, 5) is 12.2. The highest BCUT2D eigenvalue weighted by molar-refractivity contribution is 5.68. The molecule has 0 atom stereocenters. The molecule has 26 heavy (non-hydrogen) atoms. The van der Waals surface area contributed by atoms with Crippen LogP contribution in [-0.2, 0) is 11.3 Å². The molecule has 0 aromatic heterocycles. The summed E-state index contributed by atoms with van der Waals surface area (Å²) in [5.41, 5.74) is 4.80. The quantitative estimate of drug-likeness (QED) is 0.757. The summed E-state index contributed by atoms with van der Waals surface area (Å²) in [5, 5.41) is 1.73. The van der Waals surface area contributed by atoms with Gasteiger partial charge in [-0.2, -0.15) is 0 Å². The number of rotatable bonds is 6. The number of carbonyl (C=O) groups excluding carboxylic acids is 1. The SMILES string of the molecule is C=C(CN(Cc1ccccc1)NC(=O)OC(C)(C)C)c1ccc(F)cc1. The van der Waals surface area contributed by atoms with Crippen molar-refractivity contribution in [2.75, 3.05) is 6.54 Å². The summed E-state index contributed by atoms with van der Waals surface area (Å²) < 4.78 is 18.5. The molecular weight excluding hydrogens is 331 g/mol. The molecule has 0 aliphatic rings. The zero-order valence-electron chi connectivity index (χ0n) is 15.5. The second-order valence-corrected chi connectivity index (χ2v) is 7.07. The van der Waals surface area contributed by atoms with Crippen molar-refractivity contribution in [3.8, 4) is 0 Å². The van der Waals surface area contributed by atoms with Gasteiger partial charge >= 0.3 is 6.09 Å². The molecule has 0 aliphatic heterocycles.